The van der Waals surface area contributed by atoms with Crippen LogP contribution in [0.2, 0.25) is 10.0 Å². The van der Waals surface area contributed by atoms with Gasteiger partial charge in [0, 0.05) is 51.2 Å². The number of aliphatic hydroxyl groups excluding tert-OH is 1. The number of azide groups is 1. The molecule has 0 aliphatic carbocycles. The average Bonchev–Trinajstić information content (AvgIpc) is 3.30. The Hall–Kier alpha value is -3.79. The summed E-state index contributed by atoms with van der Waals surface area (Å²) in [6.45, 7) is 0.379. The number of hydroxylamine groups is 1. The molecule has 12 heteroatoms. The van der Waals surface area contributed by atoms with Crippen molar-refractivity contribution in [3.63, 3.8) is 0 Å². The minimum atomic E-state index is -1.74. The molecule has 0 unspecified atom stereocenters. The quantitative estimate of drug-likeness (QED) is 0.0731. The molecular formula is C26H23Cl2N5O5. The van der Waals surface area contributed by atoms with Gasteiger partial charge in [-0.25, -0.2) is 10.5 Å². The van der Waals surface area contributed by atoms with E-state index in [1.807, 2.05) is 0 Å². The minimum absolute atomic E-state index is 0.0230. The van der Waals surface area contributed by atoms with Gasteiger partial charge in [-0.05, 0) is 47.5 Å². The number of aliphatic imine (C=N–C) groups is 1. The average molecular weight is 556 g/mol. The molecule has 1 aliphatic heterocycles. The molecule has 3 aromatic rings. The molecule has 0 bridgehead atoms. The Morgan fingerprint density at radius 1 is 1.18 bits per heavy atom. The molecule has 0 saturated carbocycles. The molecule has 0 spiro atoms. The number of amides is 1. The van der Waals surface area contributed by atoms with Crippen LogP contribution in [0.5, 0.6) is 5.75 Å². The number of rotatable bonds is 10. The molecule has 4 rings (SSSR count). The summed E-state index contributed by atoms with van der Waals surface area (Å²) in [5, 5.41) is 23.1. The first-order valence-corrected chi connectivity index (χ1v) is 12.3. The standard InChI is InChI=1S/C26H23Cl2N5O5/c27-18-8-11-20(21(28)14-18)23-26(25(35)32-36,15-17-4-1-2-5-22(17)31-33-29)30-24(38-23)16-6-9-19(10-7-16)37-13-3-12-34/h1-2,4-11,14,23,34,36H,3,12-13,15H2,(H,32,35)/t23-,26-/m0/s1. The van der Waals surface area contributed by atoms with E-state index in [2.05, 4.69) is 10.0 Å². The maximum absolute atomic E-state index is 13.4. The number of benzene rings is 3. The van der Waals surface area contributed by atoms with Gasteiger partial charge in [-0.1, -0.05) is 58.6 Å². The molecule has 196 valence electrons. The Labute approximate surface area is 228 Å². The van der Waals surface area contributed by atoms with Gasteiger partial charge in [0.05, 0.1) is 6.61 Å². The maximum atomic E-state index is 13.4. The first kappa shape index (κ1) is 27.3. The second-order valence-electron chi connectivity index (χ2n) is 8.39. The van der Waals surface area contributed by atoms with Gasteiger partial charge in [-0.3, -0.25) is 10.0 Å². The number of hydrogen-bond donors (Lipinski definition) is 3. The van der Waals surface area contributed by atoms with E-state index in [4.69, 9.17) is 48.3 Å². The van der Waals surface area contributed by atoms with Crippen LogP contribution in [0.15, 0.2) is 76.8 Å². The zero-order valence-corrected chi connectivity index (χ0v) is 21.4. The summed E-state index contributed by atoms with van der Waals surface area (Å²) in [5.41, 5.74) is 10.8. The number of carbonyl (C=O) groups is 1. The molecule has 1 amide bonds. The highest BCUT2D eigenvalue weighted by molar-refractivity contribution is 6.35. The Morgan fingerprint density at radius 2 is 1.95 bits per heavy atom. The van der Waals surface area contributed by atoms with E-state index in [0.717, 1.165) is 0 Å². The predicted octanol–water partition coefficient (Wildman–Crippen LogP) is 5.70. The Bertz CT molecular complexity index is 1400. The Morgan fingerprint density at radius 3 is 2.63 bits per heavy atom. The van der Waals surface area contributed by atoms with Gasteiger partial charge in [0.25, 0.3) is 5.91 Å². The first-order valence-electron chi connectivity index (χ1n) is 11.5. The number of hydrogen-bond acceptors (Lipinski definition) is 7. The van der Waals surface area contributed by atoms with Gasteiger partial charge in [0.1, 0.15) is 5.75 Å². The predicted molar refractivity (Wildman–Crippen MR) is 142 cm³/mol. The molecule has 3 aromatic carbocycles. The lowest BCUT2D eigenvalue weighted by atomic mass is 9.81. The van der Waals surface area contributed by atoms with E-state index in [9.17, 15) is 10.0 Å². The molecule has 1 heterocycles. The summed E-state index contributed by atoms with van der Waals surface area (Å²) in [5.74, 6) is -0.128. The zero-order chi connectivity index (χ0) is 27.1. The third kappa shape index (κ3) is 5.70. The highest BCUT2D eigenvalue weighted by Gasteiger charge is 2.54. The molecule has 10 nitrogen and oxygen atoms in total. The smallest absolute Gasteiger partial charge is 0.275 e. The van der Waals surface area contributed by atoms with Gasteiger partial charge in [0.15, 0.2) is 11.6 Å². The van der Waals surface area contributed by atoms with Crippen LogP contribution in [-0.4, -0.2) is 40.9 Å². The number of halogens is 2. The number of nitrogens with one attached hydrogen (secondary N) is 1. The van der Waals surface area contributed by atoms with Crippen molar-refractivity contribution in [1.29, 1.82) is 0 Å². The van der Waals surface area contributed by atoms with Gasteiger partial charge in [-0.2, -0.15) is 0 Å². The van der Waals surface area contributed by atoms with Crippen molar-refractivity contribution in [1.82, 2.24) is 5.48 Å². The van der Waals surface area contributed by atoms with Crippen molar-refractivity contribution in [3.05, 3.63) is 104 Å². The maximum Gasteiger partial charge on any atom is 0.275 e. The van der Waals surface area contributed by atoms with Crippen LogP contribution < -0.4 is 10.2 Å². The number of aliphatic hydroxyl groups is 1. The summed E-state index contributed by atoms with van der Waals surface area (Å²) in [6.07, 6.45) is -0.671. The molecule has 2 atom stereocenters. The van der Waals surface area contributed by atoms with Crippen molar-refractivity contribution in [3.8, 4) is 5.75 Å². The van der Waals surface area contributed by atoms with Crippen molar-refractivity contribution in [2.75, 3.05) is 13.2 Å². The van der Waals surface area contributed by atoms with E-state index in [0.29, 0.717) is 46.2 Å². The van der Waals surface area contributed by atoms with E-state index < -0.39 is 17.6 Å². The number of carbonyl (C=O) groups excluding carboxylic acids is 1. The van der Waals surface area contributed by atoms with Crippen LogP contribution in [0.25, 0.3) is 10.4 Å². The van der Waals surface area contributed by atoms with Crippen LogP contribution in [0.1, 0.15) is 29.2 Å². The van der Waals surface area contributed by atoms with Crippen LogP contribution in [0, 0.1) is 0 Å². The second kappa shape index (κ2) is 12.2. The lowest BCUT2D eigenvalue weighted by Gasteiger charge is -2.30. The van der Waals surface area contributed by atoms with Gasteiger partial charge < -0.3 is 14.6 Å². The van der Waals surface area contributed by atoms with Crippen LogP contribution in [0.3, 0.4) is 0 Å². The van der Waals surface area contributed by atoms with Crippen LogP contribution >= 0.6 is 23.2 Å². The molecule has 0 radical (unpaired) electrons. The highest BCUT2D eigenvalue weighted by Crippen LogP contribution is 2.45. The summed E-state index contributed by atoms with van der Waals surface area (Å²) in [6, 6.07) is 18.4. The van der Waals surface area contributed by atoms with Crippen molar-refractivity contribution < 1.29 is 24.6 Å². The fourth-order valence-corrected chi connectivity index (χ4v) is 4.67. The topological polar surface area (TPSA) is 149 Å². The lowest BCUT2D eigenvalue weighted by Crippen LogP contribution is -2.49. The molecule has 0 saturated heterocycles. The summed E-state index contributed by atoms with van der Waals surface area (Å²) < 4.78 is 11.9. The van der Waals surface area contributed by atoms with E-state index in [1.54, 1.807) is 66.1 Å². The molecule has 38 heavy (non-hydrogen) atoms. The third-order valence-electron chi connectivity index (χ3n) is 5.98. The normalized spacial score (nSPS) is 18.2. The summed E-state index contributed by atoms with van der Waals surface area (Å²) in [7, 11) is 0. The molecule has 3 N–H and O–H groups in total. The summed E-state index contributed by atoms with van der Waals surface area (Å²) in [4.78, 5) is 21.0. The van der Waals surface area contributed by atoms with Crippen LogP contribution in [-0.2, 0) is 16.0 Å². The minimum Gasteiger partial charge on any atom is -0.494 e. The summed E-state index contributed by atoms with van der Waals surface area (Å²) >= 11 is 12.6. The molecule has 1 aliphatic rings. The number of nitrogens with zero attached hydrogens (tertiary/aromatic N) is 4. The third-order valence-corrected chi connectivity index (χ3v) is 6.54. The lowest BCUT2D eigenvalue weighted by molar-refractivity contribution is -0.137. The van der Waals surface area contributed by atoms with Crippen molar-refractivity contribution >= 4 is 40.7 Å². The van der Waals surface area contributed by atoms with Gasteiger partial charge in [0.2, 0.25) is 5.90 Å². The Kier molecular flexibility index (Phi) is 8.73. The SMILES string of the molecule is [N-]=[N+]=Nc1ccccc1C[C@]1(C(=O)NO)N=C(c2ccc(OCCCO)cc2)O[C@H]1c1ccc(Cl)cc1Cl. The monoisotopic (exact) mass is 555 g/mol. The highest BCUT2D eigenvalue weighted by atomic mass is 35.5. The van der Waals surface area contributed by atoms with Crippen molar-refractivity contribution in [2.24, 2.45) is 10.1 Å². The molecular weight excluding hydrogens is 533 g/mol. The van der Waals surface area contributed by atoms with E-state index in [1.165, 1.54) is 6.07 Å². The first-order chi connectivity index (χ1) is 18.4. The Balaban J connectivity index is 1.82. The largest absolute Gasteiger partial charge is 0.494 e. The molecule has 0 aromatic heterocycles. The zero-order valence-electron chi connectivity index (χ0n) is 19.9. The number of ether oxygens (including phenoxy) is 2. The van der Waals surface area contributed by atoms with Gasteiger partial charge in [-0.15, -0.1) is 0 Å². The fraction of sp³-hybridized carbons (Fsp3) is 0.231. The molecule has 0 fully saturated rings. The van der Waals surface area contributed by atoms with Gasteiger partial charge >= 0.3 is 0 Å². The van der Waals surface area contributed by atoms with E-state index >= 15 is 0 Å². The van der Waals surface area contributed by atoms with Crippen molar-refractivity contribution in [2.45, 2.75) is 24.5 Å². The van der Waals surface area contributed by atoms with E-state index in [-0.39, 0.29) is 23.9 Å². The fourth-order valence-electron chi connectivity index (χ4n) is 4.17. The second-order valence-corrected chi connectivity index (χ2v) is 9.23. The van der Waals surface area contributed by atoms with Crippen LogP contribution in [0.4, 0.5) is 5.69 Å².